The predicted molar refractivity (Wildman–Crippen MR) is 178 cm³/mol. The summed E-state index contributed by atoms with van der Waals surface area (Å²) in [6.45, 7) is 5.69. The fourth-order valence-electron chi connectivity index (χ4n) is 5.56. The van der Waals surface area contributed by atoms with Crippen molar-refractivity contribution in [2.24, 2.45) is 22.4 Å². The predicted octanol–water partition coefficient (Wildman–Crippen LogP) is 9.13. The zero-order valence-corrected chi connectivity index (χ0v) is 27.5. The molecule has 6 nitrogen and oxygen atoms in total. The maximum Gasteiger partial charge on any atom is 0.223 e. The number of hydrogen-bond donors (Lipinski definition) is 3. The van der Waals surface area contributed by atoms with Gasteiger partial charge in [0.15, 0.2) is 5.96 Å². The molecule has 0 saturated heterocycles. The van der Waals surface area contributed by atoms with Gasteiger partial charge in [-0.05, 0) is 25.7 Å². The second kappa shape index (κ2) is 31.3. The number of nitrogens with two attached hydrogens (primary N) is 2. The van der Waals surface area contributed by atoms with E-state index in [1.807, 2.05) is 0 Å². The van der Waals surface area contributed by atoms with E-state index in [0.29, 0.717) is 38.8 Å². The van der Waals surface area contributed by atoms with Gasteiger partial charge in [0.2, 0.25) is 5.91 Å². The summed E-state index contributed by atoms with van der Waals surface area (Å²) in [7, 11) is 0. The first-order valence-corrected chi connectivity index (χ1v) is 17.9. The lowest BCUT2D eigenvalue weighted by Crippen LogP contribution is -2.33. The zero-order chi connectivity index (χ0) is 30.2. The summed E-state index contributed by atoms with van der Waals surface area (Å²) in [5.41, 5.74) is 10.8. The minimum atomic E-state index is -0.275. The lowest BCUT2D eigenvalue weighted by Gasteiger charge is -2.16. The summed E-state index contributed by atoms with van der Waals surface area (Å²) in [5, 5.41) is 3.08. The number of nitrogens with zero attached hydrogens (tertiary/aromatic N) is 1. The highest BCUT2D eigenvalue weighted by Crippen LogP contribution is 2.17. The van der Waals surface area contributed by atoms with Crippen LogP contribution in [0.5, 0.6) is 0 Å². The summed E-state index contributed by atoms with van der Waals surface area (Å²) in [5.74, 6) is 0.0260. The molecule has 0 heterocycles. The van der Waals surface area contributed by atoms with Gasteiger partial charge >= 0.3 is 0 Å². The number of Topliss-reactive ketones (excluding diaryl/α,β-unsaturated/α-hetero) is 1. The zero-order valence-electron chi connectivity index (χ0n) is 27.5. The Morgan fingerprint density at radius 3 is 1.44 bits per heavy atom. The molecule has 0 unspecified atom stereocenters. The monoisotopic (exact) mass is 579 g/mol. The molecule has 0 aliphatic carbocycles. The van der Waals surface area contributed by atoms with Crippen LogP contribution in [0.1, 0.15) is 187 Å². The first-order valence-electron chi connectivity index (χ1n) is 17.9. The molecule has 41 heavy (non-hydrogen) atoms. The number of guanidine groups is 1. The van der Waals surface area contributed by atoms with E-state index < -0.39 is 0 Å². The van der Waals surface area contributed by atoms with Gasteiger partial charge in [-0.2, -0.15) is 0 Å². The molecule has 0 aromatic rings. The SMILES string of the molecule is CCCCCCCCCCCCCCCCCCCC(=O)C[C@@H](CCCN=C(N)N)C(=O)NCCCCCCCC. The van der Waals surface area contributed by atoms with Crippen molar-refractivity contribution < 1.29 is 9.59 Å². The van der Waals surface area contributed by atoms with Crippen molar-refractivity contribution in [2.45, 2.75) is 187 Å². The lowest BCUT2D eigenvalue weighted by atomic mass is 9.93. The van der Waals surface area contributed by atoms with Gasteiger partial charge in [0.25, 0.3) is 0 Å². The number of hydrogen-bond acceptors (Lipinski definition) is 3. The molecular weight excluding hydrogens is 508 g/mol. The minimum Gasteiger partial charge on any atom is -0.370 e. The molecule has 0 rings (SSSR count). The fourth-order valence-corrected chi connectivity index (χ4v) is 5.56. The third-order valence-corrected chi connectivity index (χ3v) is 8.24. The van der Waals surface area contributed by atoms with Crippen LogP contribution >= 0.6 is 0 Å². The number of amides is 1. The second-order valence-electron chi connectivity index (χ2n) is 12.4. The summed E-state index contributed by atoms with van der Waals surface area (Å²) in [6, 6.07) is 0. The first kappa shape index (κ1) is 39.4. The van der Waals surface area contributed by atoms with E-state index in [1.165, 1.54) is 122 Å². The van der Waals surface area contributed by atoms with E-state index in [-0.39, 0.29) is 23.6 Å². The van der Waals surface area contributed by atoms with Crippen molar-refractivity contribution in [1.29, 1.82) is 0 Å². The third-order valence-electron chi connectivity index (χ3n) is 8.24. The molecule has 0 saturated carbocycles. The Morgan fingerprint density at radius 1 is 0.585 bits per heavy atom. The summed E-state index contributed by atoms with van der Waals surface area (Å²) >= 11 is 0. The van der Waals surface area contributed by atoms with E-state index in [1.54, 1.807) is 0 Å². The van der Waals surface area contributed by atoms with Crippen molar-refractivity contribution in [3.8, 4) is 0 Å². The molecule has 0 spiro atoms. The van der Waals surface area contributed by atoms with E-state index in [0.717, 1.165) is 25.7 Å². The Morgan fingerprint density at radius 2 is 1.00 bits per heavy atom. The normalized spacial score (nSPS) is 11.9. The van der Waals surface area contributed by atoms with Crippen LogP contribution in [0.4, 0.5) is 0 Å². The van der Waals surface area contributed by atoms with Crippen LogP contribution in [-0.2, 0) is 9.59 Å². The quantitative estimate of drug-likeness (QED) is 0.0420. The molecule has 0 aromatic carbocycles. The average molecular weight is 579 g/mol. The van der Waals surface area contributed by atoms with E-state index >= 15 is 0 Å². The molecule has 0 aliphatic heterocycles. The number of unbranched alkanes of at least 4 members (excludes halogenated alkanes) is 21. The van der Waals surface area contributed by atoms with E-state index in [9.17, 15) is 9.59 Å². The molecule has 1 amide bonds. The van der Waals surface area contributed by atoms with E-state index in [2.05, 4.69) is 24.2 Å². The van der Waals surface area contributed by atoms with Crippen LogP contribution in [0.15, 0.2) is 4.99 Å². The maximum absolute atomic E-state index is 12.8. The largest absolute Gasteiger partial charge is 0.370 e. The van der Waals surface area contributed by atoms with E-state index in [4.69, 9.17) is 11.5 Å². The Kier molecular flexibility index (Phi) is 30.1. The molecule has 0 radical (unpaired) electrons. The van der Waals surface area contributed by atoms with Gasteiger partial charge in [-0.15, -0.1) is 0 Å². The number of rotatable bonds is 32. The molecule has 0 bridgehead atoms. The van der Waals surface area contributed by atoms with Crippen molar-refractivity contribution in [1.82, 2.24) is 5.32 Å². The first-order chi connectivity index (χ1) is 20.0. The van der Waals surface area contributed by atoms with Gasteiger partial charge in [0, 0.05) is 31.8 Å². The highest BCUT2D eigenvalue weighted by atomic mass is 16.2. The second-order valence-corrected chi connectivity index (χ2v) is 12.4. The Labute approximate surface area is 255 Å². The molecular formula is C35H70N4O2. The maximum atomic E-state index is 12.8. The third kappa shape index (κ3) is 29.7. The lowest BCUT2D eigenvalue weighted by molar-refractivity contribution is -0.129. The Balaban J connectivity index is 3.91. The summed E-state index contributed by atoms with van der Waals surface area (Å²) in [4.78, 5) is 29.5. The number of nitrogens with one attached hydrogen (secondary N) is 1. The van der Waals surface area contributed by atoms with Gasteiger partial charge in [-0.1, -0.05) is 149 Å². The molecule has 6 heteroatoms. The highest BCUT2D eigenvalue weighted by Gasteiger charge is 2.21. The molecule has 0 fully saturated rings. The molecule has 0 aromatic heterocycles. The van der Waals surface area contributed by atoms with Gasteiger partial charge in [0.1, 0.15) is 5.78 Å². The van der Waals surface area contributed by atoms with Gasteiger partial charge in [0.05, 0.1) is 0 Å². The number of ketones is 1. The van der Waals surface area contributed by atoms with Gasteiger partial charge in [-0.25, -0.2) is 0 Å². The number of carbonyl (C=O) groups excluding carboxylic acids is 2. The highest BCUT2D eigenvalue weighted by molar-refractivity contribution is 5.86. The molecule has 0 aliphatic rings. The van der Waals surface area contributed by atoms with Crippen molar-refractivity contribution in [3.05, 3.63) is 0 Å². The van der Waals surface area contributed by atoms with Crippen LogP contribution in [0.3, 0.4) is 0 Å². The van der Waals surface area contributed by atoms with Crippen LogP contribution in [0.25, 0.3) is 0 Å². The number of carbonyl (C=O) groups is 2. The fraction of sp³-hybridized carbons (Fsp3) is 0.914. The smallest absolute Gasteiger partial charge is 0.223 e. The van der Waals surface area contributed by atoms with Crippen LogP contribution in [0, 0.1) is 5.92 Å². The molecule has 242 valence electrons. The van der Waals surface area contributed by atoms with Crippen LogP contribution in [0.2, 0.25) is 0 Å². The van der Waals surface area contributed by atoms with Crippen molar-refractivity contribution in [2.75, 3.05) is 13.1 Å². The number of aliphatic imine (C=N–C) groups is 1. The van der Waals surface area contributed by atoms with Crippen LogP contribution in [-0.4, -0.2) is 30.7 Å². The average Bonchev–Trinajstić information content (AvgIpc) is 2.95. The van der Waals surface area contributed by atoms with Crippen molar-refractivity contribution >= 4 is 17.6 Å². The Bertz CT molecular complexity index is 619. The standard InChI is InChI=1S/C35H70N4O2/c1-3-5-7-9-11-12-13-14-15-16-17-18-19-20-21-22-24-28-33(40)31-32(27-26-30-39-35(36)37)34(41)38-29-25-23-10-8-6-4-2/h32H,3-31H2,1-2H3,(H,38,41)(H4,36,37,39)/t32-/m1/s1. The summed E-state index contributed by atoms with van der Waals surface area (Å²) < 4.78 is 0. The summed E-state index contributed by atoms with van der Waals surface area (Å²) in [6.07, 6.45) is 32.1. The minimum absolute atomic E-state index is 0.0130. The van der Waals surface area contributed by atoms with Crippen LogP contribution < -0.4 is 16.8 Å². The molecule has 5 N–H and O–H groups in total. The van der Waals surface area contributed by atoms with Crippen molar-refractivity contribution in [3.63, 3.8) is 0 Å². The topological polar surface area (TPSA) is 111 Å². The molecule has 1 atom stereocenters. The van der Waals surface area contributed by atoms with Gasteiger partial charge in [-0.3, -0.25) is 14.6 Å². The Hall–Kier alpha value is -1.59. The van der Waals surface area contributed by atoms with Gasteiger partial charge < -0.3 is 16.8 Å².